The highest BCUT2D eigenvalue weighted by atomic mass is 19.4. The summed E-state index contributed by atoms with van der Waals surface area (Å²) >= 11 is 0. The minimum atomic E-state index is -4.54. The van der Waals surface area contributed by atoms with Crippen LogP contribution in [-0.4, -0.2) is 68.1 Å². The van der Waals surface area contributed by atoms with Gasteiger partial charge in [0.2, 0.25) is 5.91 Å². The smallest absolute Gasteiger partial charge is 0.416 e. The number of esters is 1. The van der Waals surface area contributed by atoms with E-state index in [2.05, 4.69) is 20.3 Å². The molecule has 2 amide bonds. The molecule has 2 N–H and O–H groups in total. The second-order valence-corrected chi connectivity index (χ2v) is 9.92. The van der Waals surface area contributed by atoms with Crippen LogP contribution in [0.1, 0.15) is 53.1 Å². The molecule has 11 heteroatoms. The number of benzene rings is 2. The highest BCUT2D eigenvalue weighted by Crippen LogP contribution is 2.36. The number of methoxy groups -OCH3 is 1. The topological polar surface area (TPSA) is 97.0 Å². The van der Waals surface area contributed by atoms with Crippen LogP contribution in [0.5, 0.6) is 5.75 Å². The van der Waals surface area contributed by atoms with Crippen molar-refractivity contribution >= 4 is 17.8 Å². The summed E-state index contributed by atoms with van der Waals surface area (Å²) in [6.45, 7) is 1.04. The van der Waals surface area contributed by atoms with Gasteiger partial charge in [0.1, 0.15) is 5.75 Å². The summed E-state index contributed by atoms with van der Waals surface area (Å²) in [4.78, 5) is 38.0. The van der Waals surface area contributed by atoms with Crippen LogP contribution in [0, 0.1) is 0 Å². The zero-order valence-corrected chi connectivity index (χ0v) is 21.6. The van der Waals surface area contributed by atoms with Crippen molar-refractivity contribution in [3.8, 4) is 5.75 Å². The van der Waals surface area contributed by atoms with Crippen molar-refractivity contribution in [3.63, 3.8) is 0 Å². The van der Waals surface area contributed by atoms with Crippen LogP contribution < -0.4 is 15.4 Å². The molecule has 8 nitrogen and oxygen atoms in total. The Morgan fingerprint density at radius 2 is 1.69 bits per heavy atom. The van der Waals surface area contributed by atoms with E-state index < -0.39 is 23.6 Å². The zero-order valence-electron chi connectivity index (χ0n) is 21.6. The molecular weight excluding hydrogens is 515 g/mol. The van der Waals surface area contributed by atoms with E-state index in [9.17, 15) is 27.6 Å². The molecular formula is C28H32F3N3O5. The number of nitrogens with one attached hydrogen (secondary N) is 2. The molecule has 1 saturated carbocycles. The van der Waals surface area contributed by atoms with Crippen LogP contribution in [0.4, 0.5) is 13.2 Å². The summed E-state index contributed by atoms with van der Waals surface area (Å²) in [7, 11) is 1.32. The van der Waals surface area contributed by atoms with Crippen molar-refractivity contribution in [2.45, 2.75) is 49.9 Å². The van der Waals surface area contributed by atoms with Gasteiger partial charge in [0, 0.05) is 24.7 Å². The first-order chi connectivity index (χ1) is 18.6. The minimum Gasteiger partial charge on any atom is -0.482 e. The largest absolute Gasteiger partial charge is 0.482 e. The van der Waals surface area contributed by atoms with Crippen LogP contribution >= 0.6 is 0 Å². The SMILES string of the molecule is COC(=O)COc1ccc(C2CCC(N3CC(NC(=O)CNC(=O)c4cccc(C(F)(F)F)c4)C3)CC2)cc1. The van der Waals surface area contributed by atoms with Crippen molar-refractivity contribution in [1.29, 1.82) is 0 Å². The number of carbonyl (C=O) groups excluding carboxylic acids is 3. The van der Waals surface area contributed by atoms with Crippen LogP contribution in [0.2, 0.25) is 0 Å². The Bertz CT molecular complexity index is 1160. The van der Waals surface area contributed by atoms with Gasteiger partial charge >= 0.3 is 12.1 Å². The van der Waals surface area contributed by atoms with E-state index in [1.807, 2.05) is 24.3 Å². The third kappa shape index (κ3) is 7.72. The van der Waals surface area contributed by atoms with Gasteiger partial charge in [-0.05, 0) is 67.5 Å². The summed E-state index contributed by atoms with van der Waals surface area (Å²) < 4.78 is 48.5. The van der Waals surface area contributed by atoms with E-state index in [4.69, 9.17) is 4.74 Å². The fourth-order valence-electron chi connectivity index (χ4n) is 5.09. The molecule has 210 valence electrons. The van der Waals surface area contributed by atoms with Gasteiger partial charge in [-0.2, -0.15) is 13.2 Å². The fourth-order valence-corrected chi connectivity index (χ4v) is 5.09. The Morgan fingerprint density at radius 1 is 1.00 bits per heavy atom. The van der Waals surface area contributed by atoms with Gasteiger partial charge in [-0.25, -0.2) is 4.79 Å². The van der Waals surface area contributed by atoms with E-state index in [1.165, 1.54) is 18.7 Å². The highest BCUT2D eigenvalue weighted by Gasteiger charge is 2.35. The number of ether oxygens (including phenoxy) is 2. The minimum absolute atomic E-state index is 0.0155. The van der Waals surface area contributed by atoms with Gasteiger partial charge in [-0.3, -0.25) is 14.5 Å². The van der Waals surface area contributed by atoms with Crippen LogP contribution in [-0.2, 0) is 20.5 Å². The molecule has 2 aliphatic rings. The molecule has 1 saturated heterocycles. The summed E-state index contributed by atoms with van der Waals surface area (Å²) in [5.74, 6) is -0.435. The molecule has 1 aliphatic carbocycles. The number of rotatable bonds is 9. The summed E-state index contributed by atoms with van der Waals surface area (Å²) in [6.07, 6.45) is -0.320. The predicted octanol–water partition coefficient (Wildman–Crippen LogP) is 3.51. The molecule has 2 aromatic carbocycles. The first-order valence-corrected chi connectivity index (χ1v) is 12.9. The molecule has 1 heterocycles. The van der Waals surface area contributed by atoms with E-state index in [1.54, 1.807) is 0 Å². The Balaban J connectivity index is 1.13. The van der Waals surface area contributed by atoms with Crippen LogP contribution in [0.25, 0.3) is 0 Å². The summed E-state index contributed by atoms with van der Waals surface area (Å²) in [6, 6.07) is 12.4. The quantitative estimate of drug-likeness (QED) is 0.467. The molecule has 0 aromatic heterocycles. The lowest BCUT2D eigenvalue weighted by Gasteiger charge is -2.46. The van der Waals surface area contributed by atoms with Crippen molar-refractivity contribution in [1.82, 2.24) is 15.5 Å². The monoisotopic (exact) mass is 547 g/mol. The first-order valence-electron chi connectivity index (χ1n) is 12.9. The fraction of sp³-hybridized carbons (Fsp3) is 0.464. The lowest BCUT2D eigenvalue weighted by Crippen LogP contribution is -2.63. The number of hydrogen-bond donors (Lipinski definition) is 2. The number of alkyl halides is 3. The van der Waals surface area contributed by atoms with Crippen molar-refractivity contribution in [2.75, 3.05) is 33.4 Å². The standard InChI is InChI=1S/C28H32F3N3O5/c1-38-26(36)17-39-24-11-7-19(8-12-24)18-5-9-23(10-6-18)34-15-22(16-34)33-25(35)14-32-27(37)20-3-2-4-21(13-20)28(29,30)31/h2-4,7-8,11-13,18,22-23H,5-6,9-10,14-17H2,1H3,(H,32,37)(H,33,35). The Hall–Kier alpha value is -3.60. The maximum absolute atomic E-state index is 12.8. The maximum atomic E-state index is 12.8. The second-order valence-electron chi connectivity index (χ2n) is 9.92. The number of carbonyl (C=O) groups is 3. The van der Waals surface area contributed by atoms with Gasteiger partial charge < -0.3 is 20.1 Å². The van der Waals surface area contributed by atoms with Gasteiger partial charge in [0.15, 0.2) is 6.61 Å². The molecule has 0 atom stereocenters. The summed E-state index contributed by atoms with van der Waals surface area (Å²) in [5.41, 5.74) is 0.189. The average molecular weight is 548 g/mol. The third-order valence-corrected chi connectivity index (χ3v) is 7.29. The molecule has 2 fully saturated rings. The molecule has 2 aromatic rings. The summed E-state index contributed by atoms with van der Waals surface area (Å²) in [5, 5.41) is 5.26. The molecule has 0 spiro atoms. The lowest BCUT2D eigenvalue weighted by atomic mass is 9.80. The second kappa shape index (κ2) is 12.5. The van der Waals surface area contributed by atoms with Gasteiger partial charge in [0.25, 0.3) is 5.91 Å². The number of amides is 2. The normalized spacial score (nSPS) is 20.0. The Labute approximate surface area is 224 Å². The number of hydrogen-bond acceptors (Lipinski definition) is 6. The van der Waals surface area contributed by atoms with Crippen molar-refractivity contribution < 1.29 is 37.0 Å². The Kier molecular flexibility index (Phi) is 9.11. The van der Waals surface area contributed by atoms with Crippen molar-refractivity contribution in [2.24, 2.45) is 0 Å². The highest BCUT2D eigenvalue weighted by molar-refractivity contribution is 5.96. The lowest BCUT2D eigenvalue weighted by molar-refractivity contribution is -0.143. The van der Waals surface area contributed by atoms with E-state index in [0.29, 0.717) is 17.7 Å². The van der Waals surface area contributed by atoms with E-state index in [0.717, 1.165) is 57.0 Å². The average Bonchev–Trinajstić information content (AvgIpc) is 2.92. The molecule has 0 unspecified atom stereocenters. The van der Waals surface area contributed by atoms with Crippen LogP contribution in [0.15, 0.2) is 48.5 Å². The van der Waals surface area contributed by atoms with E-state index in [-0.39, 0.29) is 30.7 Å². The number of likely N-dealkylation sites (tertiary alicyclic amines) is 1. The molecule has 0 bridgehead atoms. The Morgan fingerprint density at radius 3 is 2.33 bits per heavy atom. The number of nitrogens with zero attached hydrogens (tertiary/aromatic N) is 1. The molecule has 4 rings (SSSR count). The van der Waals surface area contributed by atoms with Crippen molar-refractivity contribution in [3.05, 3.63) is 65.2 Å². The number of halogens is 3. The maximum Gasteiger partial charge on any atom is 0.416 e. The molecule has 1 aliphatic heterocycles. The first kappa shape index (κ1) is 28.4. The molecule has 39 heavy (non-hydrogen) atoms. The van der Waals surface area contributed by atoms with E-state index >= 15 is 0 Å². The van der Waals surface area contributed by atoms with Gasteiger partial charge in [0.05, 0.1) is 25.3 Å². The predicted molar refractivity (Wildman–Crippen MR) is 136 cm³/mol. The zero-order chi connectivity index (χ0) is 28.0. The van der Waals surface area contributed by atoms with Gasteiger partial charge in [-0.1, -0.05) is 18.2 Å². The van der Waals surface area contributed by atoms with Gasteiger partial charge in [-0.15, -0.1) is 0 Å². The third-order valence-electron chi connectivity index (χ3n) is 7.29. The van der Waals surface area contributed by atoms with Crippen LogP contribution in [0.3, 0.4) is 0 Å². The molecule has 0 radical (unpaired) electrons.